The average Bonchev–Trinajstić information content (AvgIpc) is 3.05. The van der Waals surface area contributed by atoms with Crippen LogP contribution in [0.4, 0.5) is 4.39 Å². The van der Waals surface area contributed by atoms with E-state index in [0.29, 0.717) is 5.69 Å². The van der Waals surface area contributed by atoms with Crippen molar-refractivity contribution >= 4 is 0 Å². The first-order valence-corrected chi connectivity index (χ1v) is 8.08. The highest BCUT2D eigenvalue weighted by atomic mass is 19.1. The van der Waals surface area contributed by atoms with Crippen LogP contribution in [0.5, 0.6) is 5.75 Å². The highest BCUT2D eigenvalue weighted by molar-refractivity contribution is 5.27. The zero-order chi connectivity index (χ0) is 16.3. The molecule has 0 saturated carbocycles. The van der Waals surface area contributed by atoms with Crippen molar-refractivity contribution in [3.05, 3.63) is 59.9 Å². The maximum atomic E-state index is 15.5. The summed E-state index contributed by atoms with van der Waals surface area (Å²) in [5, 5.41) is 0. The third-order valence-electron chi connectivity index (χ3n) is 4.70. The average molecular weight is 314 g/mol. The standard InChI is InChI=1S/C19H23FN2O/c1-19(20,17-6-3-4-12-21-17)18-7-5-13-22(18)14-15-8-10-16(23-2)11-9-15/h3-4,6,8-12,18H,5,7,13-14H2,1-2H3/t18-,19?/m1/s1. The molecule has 122 valence electrons. The lowest BCUT2D eigenvalue weighted by Crippen LogP contribution is -2.43. The molecule has 2 atom stereocenters. The van der Waals surface area contributed by atoms with Crippen LogP contribution >= 0.6 is 0 Å². The molecular formula is C19H23FN2O. The van der Waals surface area contributed by atoms with Gasteiger partial charge in [0.05, 0.1) is 12.8 Å². The van der Waals surface area contributed by atoms with Gasteiger partial charge in [0.15, 0.2) is 5.67 Å². The van der Waals surface area contributed by atoms with E-state index in [4.69, 9.17) is 4.74 Å². The first-order valence-electron chi connectivity index (χ1n) is 8.08. The van der Waals surface area contributed by atoms with Gasteiger partial charge in [0.2, 0.25) is 0 Å². The van der Waals surface area contributed by atoms with Crippen molar-refractivity contribution in [2.75, 3.05) is 13.7 Å². The lowest BCUT2D eigenvalue weighted by atomic mass is 9.92. The van der Waals surface area contributed by atoms with Crippen LogP contribution in [0, 0.1) is 0 Å². The number of hydrogen-bond acceptors (Lipinski definition) is 3. The van der Waals surface area contributed by atoms with E-state index in [0.717, 1.165) is 31.7 Å². The lowest BCUT2D eigenvalue weighted by Gasteiger charge is -2.34. The fraction of sp³-hybridized carbons (Fsp3) is 0.421. The van der Waals surface area contributed by atoms with Gasteiger partial charge in [0.25, 0.3) is 0 Å². The van der Waals surface area contributed by atoms with E-state index in [9.17, 15) is 0 Å². The molecule has 3 rings (SSSR count). The van der Waals surface area contributed by atoms with Crippen molar-refractivity contribution in [3.8, 4) is 5.75 Å². The van der Waals surface area contributed by atoms with E-state index >= 15 is 4.39 Å². The molecule has 4 heteroatoms. The van der Waals surface area contributed by atoms with Gasteiger partial charge in [-0.3, -0.25) is 9.88 Å². The molecule has 1 aliphatic heterocycles. The zero-order valence-corrected chi connectivity index (χ0v) is 13.7. The third-order valence-corrected chi connectivity index (χ3v) is 4.70. The highest BCUT2D eigenvalue weighted by Crippen LogP contribution is 2.37. The van der Waals surface area contributed by atoms with E-state index in [1.165, 1.54) is 5.56 Å². The van der Waals surface area contributed by atoms with E-state index < -0.39 is 5.67 Å². The number of methoxy groups -OCH3 is 1. The second kappa shape index (κ2) is 6.67. The molecule has 1 unspecified atom stereocenters. The Bertz CT molecular complexity index is 628. The van der Waals surface area contributed by atoms with Gasteiger partial charge in [-0.25, -0.2) is 4.39 Å². The molecule has 23 heavy (non-hydrogen) atoms. The van der Waals surface area contributed by atoms with Gasteiger partial charge in [0.1, 0.15) is 5.75 Å². The summed E-state index contributed by atoms with van der Waals surface area (Å²) in [6.45, 7) is 3.33. The van der Waals surface area contributed by atoms with Crippen LogP contribution in [0.1, 0.15) is 31.0 Å². The molecule has 1 fully saturated rings. The number of hydrogen-bond donors (Lipinski definition) is 0. The monoisotopic (exact) mass is 314 g/mol. The fourth-order valence-electron chi connectivity index (χ4n) is 3.42. The molecule has 0 spiro atoms. The van der Waals surface area contributed by atoms with Crippen molar-refractivity contribution in [2.24, 2.45) is 0 Å². The number of rotatable bonds is 5. The molecule has 2 aromatic rings. The smallest absolute Gasteiger partial charge is 0.165 e. The van der Waals surface area contributed by atoms with Crippen LogP contribution in [0.25, 0.3) is 0 Å². The quantitative estimate of drug-likeness (QED) is 0.836. The Morgan fingerprint density at radius 1 is 1.26 bits per heavy atom. The van der Waals surface area contributed by atoms with Crippen molar-refractivity contribution in [1.29, 1.82) is 0 Å². The number of alkyl halides is 1. The molecule has 3 nitrogen and oxygen atoms in total. The van der Waals surface area contributed by atoms with Gasteiger partial charge in [-0.15, -0.1) is 0 Å². The summed E-state index contributed by atoms with van der Waals surface area (Å²) in [7, 11) is 1.66. The maximum absolute atomic E-state index is 15.5. The van der Waals surface area contributed by atoms with E-state index in [1.807, 2.05) is 36.4 Å². The molecule has 1 aromatic carbocycles. The van der Waals surface area contributed by atoms with Crippen molar-refractivity contribution in [2.45, 2.75) is 38.0 Å². The summed E-state index contributed by atoms with van der Waals surface area (Å²) in [6, 6.07) is 13.3. The van der Waals surface area contributed by atoms with Crippen LogP contribution in [0.15, 0.2) is 48.7 Å². The predicted octanol–water partition coefficient (Wildman–Crippen LogP) is 3.94. The Hall–Kier alpha value is -1.94. The number of likely N-dealkylation sites (tertiary alicyclic amines) is 1. The molecule has 1 aliphatic rings. The van der Waals surface area contributed by atoms with Gasteiger partial charge in [-0.1, -0.05) is 18.2 Å². The van der Waals surface area contributed by atoms with Gasteiger partial charge >= 0.3 is 0 Å². The molecule has 0 radical (unpaired) electrons. The summed E-state index contributed by atoms with van der Waals surface area (Å²) in [6.07, 6.45) is 3.54. The zero-order valence-electron chi connectivity index (χ0n) is 13.7. The maximum Gasteiger partial charge on any atom is 0.165 e. The van der Waals surface area contributed by atoms with Crippen LogP contribution in [-0.4, -0.2) is 29.6 Å². The largest absolute Gasteiger partial charge is 0.497 e. The summed E-state index contributed by atoms with van der Waals surface area (Å²) < 4.78 is 20.7. The van der Waals surface area contributed by atoms with Gasteiger partial charge in [-0.2, -0.15) is 0 Å². The van der Waals surface area contributed by atoms with Crippen molar-refractivity contribution in [1.82, 2.24) is 9.88 Å². The second-order valence-electron chi connectivity index (χ2n) is 6.27. The Morgan fingerprint density at radius 3 is 2.70 bits per heavy atom. The first kappa shape index (κ1) is 15.9. The SMILES string of the molecule is COc1ccc(CN2CCC[C@@H]2C(C)(F)c2ccccn2)cc1. The number of benzene rings is 1. The summed E-state index contributed by atoms with van der Waals surface area (Å²) >= 11 is 0. The second-order valence-corrected chi connectivity index (χ2v) is 6.27. The third kappa shape index (κ3) is 3.37. The van der Waals surface area contributed by atoms with Gasteiger partial charge in [-0.05, 0) is 56.1 Å². The normalized spacial score (nSPS) is 21.1. The number of nitrogens with zero attached hydrogens (tertiary/aromatic N) is 2. The fourth-order valence-corrected chi connectivity index (χ4v) is 3.42. The molecule has 0 N–H and O–H groups in total. The van der Waals surface area contributed by atoms with Crippen LogP contribution in [-0.2, 0) is 12.2 Å². The van der Waals surface area contributed by atoms with Gasteiger partial charge in [0, 0.05) is 18.8 Å². The number of aromatic nitrogens is 1. The van der Waals surface area contributed by atoms with Crippen LogP contribution in [0.3, 0.4) is 0 Å². The van der Waals surface area contributed by atoms with E-state index in [2.05, 4.69) is 9.88 Å². The van der Waals surface area contributed by atoms with Crippen LogP contribution < -0.4 is 4.74 Å². The van der Waals surface area contributed by atoms with E-state index in [-0.39, 0.29) is 6.04 Å². The Morgan fingerprint density at radius 2 is 2.04 bits per heavy atom. The Kier molecular flexibility index (Phi) is 4.62. The molecular weight excluding hydrogens is 291 g/mol. The topological polar surface area (TPSA) is 25.4 Å². The molecule has 0 aliphatic carbocycles. The number of pyridine rings is 1. The Balaban J connectivity index is 1.77. The Labute approximate surface area is 137 Å². The van der Waals surface area contributed by atoms with E-state index in [1.54, 1.807) is 26.3 Å². The van der Waals surface area contributed by atoms with Crippen molar-refractivity contribution < 1.29 is 9.13 Å². The molecule has 0 amide bonds. The number of ether oxygens (including phenoxy) is 1. The minimum absolute atomic E-state index is 0.139. The minimum Gasteiger partial charge on any atom is -0.497 e. The van der Waals surface area contributed by atoms with Crippen LogP contribution in [0.2, 0.25) is 0 Å². The summed E-state index contributed by atoms with van der Waals surface area (Å²) in [5.74, 6) is 0.843. The molecule has 2 heterocycles. The molecule has 1 aromatic heterocycles. The van der Waals surface area contributed by atoms with Gasteiger partial charge < -0.3 is 4.74 Å². The lowest BCUT2D eigenvalue weighted by molar-refractivity contribution is 0.0523. The molecule has 1 saturated heterocycles. The molecule has 0 bridgehead atoms. The van der Waals surface area contributed by atoms with Crippen molar-refractivity contribution in [3.63, 3.8) is 0 Å². The first-order chi connectivity index (χ1) is 11.1. The summed E-state index contributed by atoms with van der Waals surface area (Å²) in [4.78, 5) is 6.47. The number of halogens is 1. The predicted molar refractivity (Wildman–Crippen MR) is 89.1 cm³/mol. The summed E-state index contributed by atoms with van der Waals surface area (Å²) in [5.41, 5.74) is 0.255. The minimum atomic E-state index is -1.44. The highest BCUT2D eigenvalue weighted by Gasteiger charge is 2.43.